The summed E-state index contributed by atoms with van der Waals surface area (Å²) in [5.74, 6) is 0.227. The number of hydrogen-bond donors (Lipinski definition) is 3. The minimum Gasteiger partial charge on any atom is -0.497 e. The van der Waals surface area contributed by atoms with Crippen molar-refractivity contribution >= 4 is 38.9 Å². The van der Waals surface area contributed by atoms with Crippen molar-refractivity contribution in [2.75, 3.05) is 12.4 Å². The Bertz CT molecular complexity index is 865. The summed E-state index contributed by atoms with van der Waals surface area (Å²) in [5, 5.41) is 10.3. The van der Waals surface area contributed by atoms with Gasteiger partial charge in [0, 0.05) is 11.3 Å². The fourth-order valence-corrected chi connectivity index (χ4v) is 2.60. The maximum atomic E-state index is 12.1. The van der Waals surface area contributed by atoms with Crippen molar-refractivity contribution in [1.82, 2.24) is 5.32 Å². The molecule has 4 N–H and O–H groups in total. The number of primary sulfonamides is 1. The predicted octanol–water partition coefficient (Wildman–Crippen LogP) is 1.47. The van der Waals surface area contributed by atoms with Crippen LogP contribution in [0.2, 0.25) is 0 Å². The molecular formula is C15H15N3O4S2. The highest BCUT2D eigenvalue weighted by Crippen LogP contribution is 2.14. The SMILES string of the molecule is COc1ccc(C(=O)NC(=S)Nc2cccc(S(N)(=O)=O)c2)cc1. The lowest BCUT2D eigenvalue weighted by molar-refractivity contribution is 0.0977. The maximum Gasteiger partial charge on any atom is 0.257 e. The third-order valence-electron chi connectivity index (χ3n) is 3.00. The summed E-state index contributed by atoms with van der Waals surface area (Å²) >= 11 is 5.05. The van der Waals surface area contributed by atoms with Gasteiger partial charge in [-0.15, -0.1) is 0 Å². The molecule has 9 heteroatoms. The molecule has 0 aromatic heterocycles. The van der Waals surface area contributed by atoms with E-state index in [1.807, 2.05) is 0 Å². The predicted molar refractivity (Wildman–Crippen MR) is 94.5 cm³/mol. The standard InChI is InChI=1S/C15H15N3O4S2/c1-22-12-7-5-10(6-8-12)14(19)18-15(23)17-11-3-2-4-13(9-11)24(16,20)21/h2-9H,1H3,(H2,16,20,21)(H2,17,18,19,23). The Kier molecular flexibility index (Phi) is 5.50. The molecule has 24 heavy (non-hydrogen) atoms. The number of rotatable bonds is 4. The highest BCUT2D eigenvalue weighted by molar-refractivity contribution is 7.89. The van der Waals surface area contributed by atoms with Gasteiger partial charge in [-0.1, -0.05) is 6.07 Å². The second kappa shape index (κ2) is 7.39. The zero-order valence-electron chi connectivity index (χ0n) is 12.6. The van der Waals surface area contributed by atoms with Gasteiger partial charge >= 0.3 is 0 Å². The zero-order valence-corrected chi connectivity index (χ0v) is 14.3. The molecular weight excluding hydrogens is 350 g/mol. The molecule has 0 bridgehead atoms. The van der Waals surface area contributed by atoms with Gasteiger partial charge < -0.3 is 10.1 Å². The molecule has 126 valence electrons. The van der Waals surface area contributed by atoms with Crippen molar-refractivity contribution in [2.45, 2.75) is 4.90 Å². The van der Waals surface area contributed by atoms with Crippen LogP contribution in [0.3, 0.4) is 0 Å². The Balaban J connectivity index is 2.03. The molecule has 0 saturated carbocycles. The summed E-state index contributed by atoms with van der Waals surface area (Å²) in [7, 11) is -2.28. The summed E-state index contributed by atoms with van der Waals surface area (Å²) in [6, 6.07) is 12.3. The fraction of sp³-hybridized carbons (Fsp3) is 0.0667. The molecule has 0 aliphatic carbocycles. The Labute approximate surface area is 144 Å². The average Bonchev–Trinajstić information content (AvgIpc) is 2.54. The van der Waals surface area contributed by atoms with E-state index in [2.05, 4.69) is 10.6 Å². The van der Waals surface area contributed by atoms with Gasteiger partial charge in [-0.3, -0.25) is 10.1 Å². The van der Waals surface area contributed by atoms with E-state index in [9.17, 15) is 13.2 Å². The molecule has 2 aromatic rings. The number of carbonyl (C=O) groups is 1. The van der Waals surface area contributed by atoms with Gasteiger partial charge in [-0.25, -0.2) is 13.6 Å². The van der Waals surface area contributed by atoms with Crippen LogP contribution in [0.5, 0.6) is 5.75 Å². The molecule has 0 aliphatic rings. The van der Waals surface area contributed by atoms with Gasteiger partial charge in [0.25, 0.3) is 5.91 Å². The summed E-state index contributed by atoms with van der Waals surface area (Å²) < 4.78 is 27.7. The lowest BCUT2D eigenvalue weighted by Crippen LogP contribution is -2.34. The number of carbonyl (C=O) groups excluding carboxylic acids is 1. The van der Waals surface area contributed by atoms with E-state index in [1.165, 1.54) is 25.3 Å². The first-order valence-corrected chi connectivity index (χ1v) is 8.64. The first-order valence-electron chi connectivity index (χ1n) is 6.69. The molecule has 0 spiro atoms. The first-order chi connectivity index (χ1) is 11.3. The van der Waals surface area contributed by atoms with Crippen LogP contribution in [0.25, 0.3) is 0 Å². The first kappa shape index (κ1) is 17.9. The monoisotopic (exact) mass is 365 g/mol. The lowest BCUT2D eigenvalue weighted by atomic mass is 10.2. The Morgan fingerprint density at radius 3 is 2.42 bits per heavy atom. The third kappa shape index (κ3) is 4.75. The third-order valence-corrected chi connectivity index (χ3v) is 4.11. The molecule has 2 aromatic carbocycles. The van der Waals surface area contributed by atoms with Crippen LogP contribution >= 0.6 is 12.2 Å². The van der Waals surface area contributed by atoms with Gasteiger partial charge in [0.1, 0.15) is 5.75 Å². The van der Waals surface area contributed by atoms with E-state index in [4.69, 9.17) is 22.1 Å². The molecule has 1 amide bonds. The van der Waals surface area contributed by atoms with Gasteiger partial charge in [0.15, 0.2) is 5.11 Å². The number of anilines is 1. The second-order valence-corrected chi connectivity index (χ2v) is 6.68. The smallest absolute Gasteiger partial charge is 0.257 e. The van der Waals surface area contributed by atoms with Gasteiger partial charge in [0.05, 0.1) is 12.0 Å². The number of hydrogen-bond acceptors (Lipinski definition) is 5. The van der Waals surface area contributed by atoms with Gasteiger partial charge in [-0.2, -0.15) is 0 Å². The summed E-state index contributed by atoms with van der Waals surface area (Å²) in [4.78, 5) is 12.0. The van der Waals surface area contributed by atoms with E-state index in [0.29, 0.717) is 17.0 Å². The van der Waals surface area contributed by atoms with E-state index < -0.39 is 15.9 Å². The number of sulfonamides is 1. The van der Waals surface area contributed by atoms with Crippen LogP contribution in [0.15, 0.2) is 53.4 Å². The van der Waals surface area contributed by atoms with Crippen LogP contribution < -0.4 is 20.5 Å². The molecule has 0 atom stereocenters. The molecule has 2 rings (SSSR count). The molecule has 0 heterocycles. The largest absolute Gasteiger partial charge is 0.497 e. The summed E-state index contributed by atoms with van der Waals surface area (Å²) in [6.45, 7) is 0. The van der Waals surface area contributed by atoms with E-state index in [1.54, 1.807) is 30.3 Å². The van der Waals surface area contributed by atoms with E-state index in [-0.39, 0.29) is 10.0 Å². The Hall–Kier alpha value is -2.49. The second-order valence-electron chi connectivity index (χ2n) is 4.71. The number of thiocarbonyl (C=S) groups is 1. The molecule has 0 aliphatic heterocycles. The minimum absolute atomic E-state index is 0.0300. The van der Waals surface area contributed by atoms with Crippen molar-refractivity contribution in [3.63, 3.8) is 0 Å². The summed E-state index contributed by atoms with van der Waals surface area (Å²) in [6.07, 6.45) is 0. The number of ether oxygens (including phenoxy) is 1. The van der Waals surface area contributed by atoms with Crippen LogP contribution in [0.4, 0.5) is 5.69 Å². The minimum atomic E-state index is -3.82. The van der Waals surface area contributed by atoms with Gasteiger partial charge in [-0.05, 0) is 54.7 Å². The lowest BCUT2D eigenvalue weighted by Gasteiger charge is -2.10. The van der Waals surface area contributed by atoms with E-state index >= 15 is 0 Å². The number of nitrogens with two attached hydrogens (primary N) is 1. The van der Waals surface area contributed by atoms with E-state index in [0.717, 1.165) is 0 Å². The quantitative estimate of drug-likeness (QED) is 0.708. The van der Waals surface area contributed by atoms with Crippen molar-refractivity contribution in [2.24, 2.45) is 5.14 Å². The Morgan fingerprint density at radius 1 is 1.17 bits per heavy atom. The van der Waals surface area contributed by atoms with Gasteiger partial charge in [0.2, 0.25) is 10.0 Å². The summed E-state index contributed by atoms with van der Waals surface area (Å²) in [5.41, 5.74) is 0.791. The topological polar surface area (TPSA) is 111 Å². The van der Waals surface area contributed by atoms with Crippen molar-refractivity contribution < 1.29 is 17.9 Å². The number of methoxy groups -OCH3 is 1. The number of nitrogens with one attached hydrogen (secondary N) is 2. The van der Waals surface area contributed by atoms with Crippen molar-refractivity contribution in [3.8, 4) is 5.75 Å². The maximum absolute atomic E-state index is 12.1. The highest BCUT2D eigenvalue weighted by Gasteiger charge is 2.10. The number of benzene rings is 2. The molecule has 0 radical (unpaired) electrons. The zero-order chi connectivity index (χ0) is 17.7. The van der Waals surface area contributed by atoms with Crippen LogP contribution in [-0.2, 0) is 10.0 Å². The van der Waals surface area contributed by atoms with Crippen LogP contribution in [0, 0.1) is 0 Å². The molecule has 0 saturated heterocycles. The Morgan fingerprint density at radius 2 is 1.83 bits per heavy atom. The van der Waals surface area contributed by atoms with Crippen molar-refractivity contribution in [1.29, 1.82) is 0 Å². The molecule has 0 fully saturated rings. The molecule has 7 nitrogen and oxygen atoms in total. The normalized spacial score (nSPS) is 10.8. The highest BCUT2D eigenvalue weighted by atomic mass is 32.2. The average molecular weight is 365 g/mol. The van der Waals surface area contributed by atoms with Crippen molar-refractivity contribution in [3.05, 3.63) is 54.1 Å². The molecule has 0 unspecified atom stereocenters. The van der Waals surface area contributed by atoms with Crippen LogP contribution in [-0.4, -0.2) is 26.5 Å². The fourth-order valence-electron chi connectivity index (χ4n) is 1.83. The van der Waals surface area contributed by atoms with Crippen LogP contribution in [0.1, 0.15) is 10.4 Å². The number of amides is 1.